The Bertz CT molecular complexity index is 697. The minimum atomic E-state index is -0.489. The van der Waals surface area contributed by atoms with Gasteiger partial charge in [-0.05, 0) is 48.2 Å². The van der Waals surface area contributed by atoms with Gasteiger partial charge in [0, 0.05) is 18.8 Å². The molecule has 3 N–H and O–H groups in total. The highest BCUT2D eigenvalue weighted by Gasteiger charge is 2.14. The number of amides is 1. The molecule has 0 fully saturated rings. The number of ether oxygens (including phenoxy) is 2. The Morgan fingerprint density at radius 1 is 1.15 bits per heavy atom. The summed E-state index contributed by atoms with van der Waals surface area (Å²) >= 11 is 0. The van der Waals surface area contributed by atoms with Crippen LogP contribution in [0.25, 0.3) is 0 Å². The summed E-state index contributed by atoms with van der Waals surface area (Å²) in [6.45, 7) is 4.46. The Kier molecular flexibility index (Phi) is 11.5. The lowest BCUT2D eigenvalue weighted by Crippen LogP contribution is -2.41. The van der Waals surface area contributed by atoms with Crippen LogP contribution in [0.1, 0.15) is 25.8 Å². The van der Waals surface area contributed by atoms with E-state index in [1.54, 1.807) is 31.5 Å². The number of hydrogen-bond acceptors (Lipinski definition) is 5. The normalized spacial score (nSPS) is 11.0. The summed E-state index contributed by atoms with van der Waals surface area (Å²) in [5.41, 5.74) is 6.77. The summed E-state index contributed by atoms with van der Waals surface area (Å²) in [5, 5.41) is 2.85. The summed E-state index contributed by atoms with van der Waals surface area (Å²) < 4.78 is 10.8. The molecule has 2 rings (SSSR count). The molecular formula is C19H27Cl2N3O3. The van der Waals surface area contributed by atoms with Gasteiger partial charge in [-0.25, -0.2) is 4.98 Å². The van der Waals surface area contributed by atoms with Gasteiger partial charge in [0.05, 0.1) is 13.2 Å². The molecule has 0 saturated carbocycles. The van der Waals surface area contributed by atoms with E-state index in [0.29, 0.717) is 30.5 Å². The number of nitrogens with zero attached hydrogens (tertiary/aromatic N) is 1. The van der Waals surface area contributed by atoms with E-state index in [-0.39, 0.29) is 30.7 Å². The molecule has 0 saturated heterocycles. The fraction of sp³-hybridized carbons (Fsp3) is 0.368. The van der Waals surface area contributed by atoms with Crippen LogP contribution in [0.2, 0.25) is 0 Å². The van der Waals surface area contributed by atoms with Gasteiger partial charge in [0.15, 0.2) is 0 Å². The first-order chi connectivity index (χ1) is 12.0. The molecule has 0 unspecified atom stereocenters. The van der Waals surface area contributed by atoms with Gasteiger partial charge in [0.2, 0.25) is 11.8 Å². The SMILES string of the molecule is COc1ccc(Oc2cc(CNC(=O)[C@@H](N)CC(C)C)ccn2)cc1.Cl.Cl. The van der Waals surface area contributed by atoms with Crippen molar-refractivity contribution < 1.29 is 14.3 Å². The standard InChI is InChI=1S/C19H25N3O3.2ClH/c1-13(2)10-17(20)19(23)22-12-14-8-9-21-18(11-14)25-16-6-4-15(24-3)5-7-16;;/h4-9,11,13,17H,10,12,20H2,1-3H3,(H,22,23);2*1H/t17-;;/m0../s1. The maximum Gasteiger partial charge on any atom is 0.237 e. The number of carbonyl (C=O) groups excluding carboxylic acids is 1. The third-order valence-corrected chi connectivity index (χ3v) is 3.61. The molecule has 0 bridgehead atoms. The zero-order valence-electron chi connectivity index (χ0n) is 15.7. The van der Waals surface area contributed by atoms with Crippen molar-refractivity contribution in [2.75, 3.05) is 7.11 Å². The molecule has 1 atom stereocenters. The second-order valence-electron chi connectivity index (χ2n) is 6.23. The molecule has 6 nitrogen and oxygen atoms in total. The quantitative estimate of drug-likeness (QED) is 0.685. The van der Waals surface area contributed by atoms with E-state index in [0.717, 1.165) is 11.3 Å². The number of rotatable bonds is 8. The van der Waals surface area contributed by atoms with Crippen LogP contribution in [0.4, 0.5) is 0 Å². The third kappa shape index (κ3) is 8.47. The molecule has 1 aromatic heterocycles. The Balaban J connectivity index is 0.00000338. The van der Waals surface area contributed by atoms with Crippen LogP contribution in [-0.4, -0.2) is 24.0 Å². The number of carbonyl (C=O) groups is 1. The van der Waals surface area contributed by atoms with Crippen molar-refractivity contribution in [2.24, 2.45) is 11.7 Å². The number of nitrogens with two attached hydrogens (primary N) is 1. The number of nitrogens with one attached hydrogen (secondary N) is 1. The zero-order chi connectivity index (χ0) is 18.2. The van der Waals surface area contributed by atoms with E-state index in [4.69, 9.17) is 15.2 Å². The van der Waals surface area contributed by atoms with Crippen molar-refractivity contribution in [1.29, 1.82) is 0 Å². The lowest BCUT2D eigenvalue weighted by molar-refractivity contribution is -0.122. The maximum atomic E-state index is 12.0. The van der Waals surface area contributed by atoms with E-state index in [1.807, 2.05) is 32.0 Å². The first-order valence-electron chi connectivity index (χ1n) is 8.28. The average Bonchev–Trinajstić information content (AvgIpc) is 2.60. The summed E-state index contributed by atoms with van der Waals surface area (Å²) in [6, 6.07) is 10.4. The number of aromatic nitrogens is 1. The highest BCUT2D eigenvalue weighted by molar-refractivity contribution is 5.85. The molecule has 0 spiro atoms. The van der Waals surface area contributed by atoms with Crippen LogP contribution in [0, 0.1) is 5.92 Å². The second kappa shape index (κ2) is 12.4. The molecule has 1 amide bonds. The fourth-order valence-electron chi connectivity index (χ4n) is 2.32. The van der Waals surface area contributed by atoms with Gasteiger partial charge in [-0.15, -0.1) is 24.8 Å². The summed E-state index contributed by atoms with van der Waals surface area (Å²) in [5.74, 6) is 2.11. The molecule has 0 aliphatic carbocycles. The molecule has 150 valence electrons. The predicted octanol–water partition coefficient (Wildman–Crippen LogP) is 3.72. The second-order valence-corrected chi connectivity index (χ2v) is 6.23. The van der Waals surface area contributed by atoms with Crippen molar-refractivity contribution in [3.63, 3.8) is 0 Å². The van der Waals surface area contributed by atoms with E-state index in [2.05, 4.69) is 10.3 Å². The van der Waals surface area contributed by atoms with Gasteiger partial charge in [-0.3, -0.25) is 4.79 Å². The Morgan fingerprint density at radius 2 is 1.78 bits per heavy atom. The fourth-order valence-corrected chi connectivity index (χ4v) is 2.32. The minimum absolute atomic E-state index is 0. The van der Waals surface area contributed by atoms with E-state index in [1.165, 1.54) is 0 Å². The lowest BCUT2D eigenvalue weighted by Gasteiger charge is -2.14. The van der Waals surface area contributed by atoms with Crippen molar-refractivity contribution in [2.45, 2.75) is 32.9 Å². The van der Waals surface area contributed by atoms with Gasteiger partial charge < -0.3 is 20.5 Å². The third-order valence-electron chi connectivity index (χ3n) is 3.61. The van der Waals surface area contributed by atoms with Gasteiger partial charge >= 0.3 is 0 Å². The van der Waals surface area contributed by atoms with Crippen molar-refractivity contribution in [3.05, 3.63) is 48.2 Å². The molecule has 0 aliphatic rings. The number of hydrogen-bond donors (Lipinski definition) is 2. The Labute approximate surface area is 172 Å². The zero-order valence-corrected chi connectivity index (χ0v) is 17.3. The highest BCUT2D eigenvalue weighted by Crippen LogP contribution is 2.22. The summed E-state index contributed by atoms with van der Waals surface area (Å²) in [7, 11) is 1.61. The average molecular weight is 416 g/mol. The molecule has 2 aromatic rings. The van der Waals surface area contributed by atoms with Crippen LogP contribution in [0.3, 0.4) is 0 Å². The van der Waals surface area contributed by atoms with Gasteiger partial charge in [0.1, 0.15) is 11.5 Å². The molecular weight excluding hydrogens is 389 g/mol. The molecule has 27 heavy (non-hydrogen) atoms. The van der Waals surface area contributed by atoms with Gasteiger partial charge in [0.25, 0.3) is 0 Å². The first kappa shape index (κ1) is 25.0. The number of methoxy groups -OCH3 is 1. The van der Waals surface area contributed by atoms with Gasteiger partial charge in [-0.2, -0.15) is 0 Å². The molecule has 0 radical (unpaired) electrons. The van der Waals surface area contributed by atoms with Crippen LogP contribution in [0.5, 0.6) is 17.4 Å². The topological polar surface area (TPSA) is 86.5 Å². The van der Waals surface area contributed by atoms with E-state index < -0.39 is 6.04 Å². The first-order valence-corrected chi connectivity index (χ1v) is 8.28. The predicted molar refractivity (Wildman–Crippen MR) is 111 cm³/mol. The smallest absolute Gasteiger partial charge is 0.237 e. The largest absolute Gasteiger partial charge is 0.497 e. The Hall–Kier alpha value is -2.02. The van der Waals surface area contributed by atoms with E-state index >= 15 is 0 Å². The van der Waals surface area contributed by atoms with Crippen LogP contribution < -0.4 is 20.5 Å². The lowest BCUT2D eigenvalue weighted by atomic mass is 10.0. The highest BCUT2D eigenvalue weighted by atomic mass is 35.5. The Morgan fingerprint density at radius 3 is 2.37 bits per heavy atom. The van der Waals surface area contributed by atoms with Crippen molar-refractivity contribution in [1.82, 2.24) is 10.3 Å². The van der Waals surface area contributed by atoms with Crippen molar-refractivity contribution in [3.8, 4) is 17.4 Å². The maximum absolute atomic E-state index is 12.0. The van der Waals surface area contributed by atoms with E-state index in [9.17, 15) is 4.79 Å². The molecule has 1 aromatic carbocycles. The number of benzene rings is 1. The molecule has 1 heterocycles. The number of pyridine rings is 1. The molecule has 8 heteroatoms. The summed E-state index contributed by atoms with van der Waals surface area (Å²) in [6.07, 6.45) is 2.31. The van der Waals surface area contributed by atoms with Crippen LogP contribution in [0.15, 0.2) is 42.6 Å². The number of halogens is 2. The summed E-state index contributed by atoms with van der Waals surface area (Å²) in [4.78, 5) is 16.2. The molecule has 0 aliphatic heterocycles. The van der Waals surface area contributed by atoms with Gasteiger partial charge in [-0.1, -0.05) is 13.8 Å². The van der Waals surface area contributed by atoms with Crippen LogP contribution in [-0.2, 0) is 11.3 Å². The monoisotopic (exact) mass is 415 g/mol. The van der Waals surface area contributed by atoms with Crippen LogP contribution >= 0.6 is 24.8 Å². The minimum Gasteiger partial charge on any atom is -0.497 e. The van der Waals surface area contributed by atoms with Crippen molar-refractivity contribution >= 4 is 30.7 Å².